The molecule has 1 aliphatic carbocycles. The summed E-state index contributed by atoms with van der Waals surface area (Å²) in [6, 6.07) is 4.27. The zero-order chi connectivity index (χ0) is 10.1. The molecule has 0 N–H and O–H groups in total. The number of furan rings is 1. The van der Waals surface area contributed by atoms with E-state index in [-0.39, 0.29) is 5.78 Å². The molecule has 14 heavy (non-hydrogen) atoms. The number of carbonyl (C=O) groups excluding carboxylic acids is 1. The number of hydrogen-bond acceptors (Lipinski definition) is 3. The second kappa shape index (κ2) is 3.48. The van der Waals surface area contributed by atoms with Gasteiger partial charge in [0, 0.05) is 25.6 Å². The number of Topliss-reactive ketones (excluding diaryl/α,β-unsaturated/α-hetero) is 1. The van der Waals surface area contributed by atoms with Crippen LogP contribution in [-0.2, 0) is 0 Å². The molecule has 0 saturated heterocycles. The van der Waals surface area contributed by atoms with Crippen LogP contribution >= 0.6 is 0 Å². The summed E-state index contributed by atoms with van der Waals surface area (Å²) < 4.78 is 5.48. The van der Waals surface area contributed by atoms with Gasteiger partial charge in [0.25, 0.3) is 0 Å². The maximum atomic E-state index is 11.0. The quantitative estimate of drug-likeness (QED) is 0.689. The predicted molar refractivity (Wildman–Crippen MR) is 54.8 cm³/mol. The lowest BCUT2D eigenvalue weighted by Gasteiger charge is -2.18. The molecule has 0 unspecified atom stereocenters. The number of ketones is 1. The molecule has 1 fully saturated rings. The Hall–Kier alpha value is -1.25. The molecule has 1 heterocycles. The van der Waals surface area contributed by atoms with E-state index in [1.807, 2.05) is 6.07 Å². The Balaban J connectivity index is 2.17. The number of nitrogens with zero attached hydrogens (tertiary/aromatic N) is 1. The number of hydrogen-bond donors (Lipinski definition) is 0. The van der Waals surface area contributed by atoms with Crippen LogP contribution in [0.25, 0.3) is 0 Å². The summed E-state index contributed by atoms with van der Waals surface area (Å²) in [6.45, 7) is 4.57. The van der Waals surface area contributed by atoms with E-state index in [0.717, 1.165) is 12.4 Å². The maximum absolute atomic E-state index is 11.0. The lowest BCUT2D eigenvalue weighted by Crippen LogP contribution is -2.24. The summed E-state index contributed by atoms with van der Waals surface area (Å²) in [5, 5.41) is 0. The second-order valence-electron chi connectivity index (χ2n) is 3.71. The highest BCUT2D eigenvalue weighted by molar-refractivity contribution is 5.91. The third-order valence-electron chi connectivity index (χ3n) is 2.55. The van der Waals surface area contributed by atoms with Crippen molar-refractivity contribution in [2.24, 2.45) is 0 Å². The smallest absolute Gasteiger partial charge is 0.196 e. The van der Waals surface area contributed by atoms with E-state index in [2.05, 4.69) is 11.8 Å². The first-order valence-corrected chi connectivity index (χ1v) is 5.09. The zero-order valence-electron chi connectivity index (χ0n) is 8.62. The summed E-state index contributed by atoms with van der Waals surface area (Å²) in [4.78, 5) is 13.3. The molecule has 3 heteroatoms. The van der Waals surface area contributed by atoms with Crippen LogP contribution < -0.4 is 4.90 Å². The van der Waals surface area contributed by atoms with Gasteiger partial charge in [0.05, 0.1) is 0 Å². The van der Waals surface area contributed by atoms with Gasteiger partial charge in [-0.25, -0.2) is 0 Å². The van der Waals surface area contributed by atoms with Crippen molar-refractivity contribution in [2.75, 3.05) is 11.4 Å². The minimum absolute atomic E-state index is 0.0110. The SMILES string of the molecule is CCN(c1ccc(C(C)=O)o1)C1CC1. The topological polar surface area (TPSA) is 33.5 Å². The van der Waals surface area contributed by atoms with Crippen LogP contribution in [0, 0.1) is 0 Å². The molecule has 1 aliphatic rings. The van der Waals surface area contributed by atoms with Crippen molar-refractivity contribution in [3.63, 3.8) is 0 Å². The first-order chi connectivity index (χ1) is 6.72. The fourth-order valence-electron chi connectivity index (χ4n) is 1.65. The van der Waals surface area contributed by atoms with Gasteiger partial charge in [-0.05, 0) is 25.8 Å². The highest BCUT2D eigenvalue weighted by Gasteiger charge is 2.29. The van der Waals surface area contributed by atoms with E-state index >= 15 is 0 Å². The number of anilines is 1. The van der Waals surface area contributed by atoms with E-state index in [1.165, 1.54) is 19.8 Å². The lowest BCUT2D eigenvalue weighted by atomic mass is 10.3. The molecule has 0 aliphatic heterocycles. The number of rotatable bonds is 4. The van der Waals surface area contributed by atoms with Crippen molar-refractivity contribution in [1.82, 2.24) is 0 Å². The van der Waals surface area contributed by atoms with Gasteiger partial charge in [-0.3, -0.25) is 4.79 Å². The van der Waals surface area contributed by atoms with Gasteiger partial charge >= 0.3 is 0 Å². The fraction of sp³-hybridized carbons (Fsp3) is 0.545. The van der Waals surface area contributed by atoms with Gasteiger partial charge in [0.1, 0.15) is 0 Å². The molecule has 3 nitrogen and oxygen atoms in total. The van der Waals surface area contributed by atoms with Crippen LogP contribution in [0.1, 0.15) is 37.2 Å². The predicted octanol–water partition coefficient (Wildman–Crippen LogP) is 2.47. The Kier molecular flexibility index (Phi) is 2.32. The average molecular weight is 193 g/mol. The van der Waals surface area contributed by atoms with E-state index in [1.54, 1.807) is 6.07 Å². The molecule has 2 rings (SSSR count). The Morgan fingerprint density at radius 1 is 1.57 bits per heavy atom. The monoisotopic (exact) mass is 193 g/mol. The first-order valence-electron chi connectivity index (χ1n) is 5.09. The summed E-state index contributed by atoms with van der Waals surface area (Å²) in [6.07, 6.45) is 2.48. The highest BCUT2D eigenvalue weighted by atomic mass is 16.4. The Morgan fingerprint density at radius 3 is 2.71 bits per heavy atom. The van der Waals surface area contributed by atoms with Crippen molar-refractivity contribution in [3.8, 4) is 0 Å². The van der Waals surface area contributed by atoms with Crippen LogP contribution in [0.2, 0.25) is 0 Å². The highest BCUT2D eigenvalue weighted by Crippen LogP contribution is 2.32. The van der Waals surface area contributed by atoms with E-state index in [4.69, 9.17) is 4.42 Å². The van der Waals surface area contributed by atoms with Gasteiger partial charge in [-0.2, -0.15) is 0 Å². The largest absolute Gasteiger partial charge is 0.437 e. The molecular formula is C11H15NO2. The molecule has 0 bridgehead atoms. The van der Waals surface area contributed by atoms with Crippen molar-refractivity contribution in [2.45, 2.75) is 32.7 Å². The molecule has 1 aromatic rings. The lowest BCUT2D eigenvalue weighted by molar-refractivity contribution is 0.0987. The Bertz CT molecular complexity index is 339. The van der Waals surface area contributed by atoms with Gasteiger partial charge in [-0.15, -0.1) is 0 Å². The molecule has 0 aromatic carbocycles. The molecule has 0 radical (unpaired) electrons. The van der Waals surface area contributed by atoms with Crippen LogP contribution in [0.5, 0.6) is 0 Å². The standard InChI is InChI=1S/C11H15NO2/c1-3-12(9-4-5-9)11-7-6-10(14-11)8(2)13/h6-7,9H,3-5H2,1-2H3. The van der Waals surface area contributed by atoms with Crippen LogP contribution in [0.3, 0.4) is 0 Å². The molecule has 1 saturated carbocycles. The second-order valence-corrected chi connectivity index (χ2v) is 3.71. The number of carbonyl (C=O) groups is 1. The molecule has 1 aromatic heterocycles. The van der Waals surface area contributed by atoms with Gasteiger partial charge < -0.3 is 9.32 Å². The summed E-state index contributed by atoms with van der Waals surface area (Å²) in [5.41, 5.74) is 0. The minimum Gasteiger partial charge on any atom is -0.437 e. The third-order valence-corrected chi connectivity index (χ3v) is 2.55. The Labute approximate surface area is 83.7 Å². The van der Waals surface area contributed by atoms with Crippen molar-refractivity contribution >= 4 is 11.7 Å². The summed E-state index contributed by atoms with van der Waals surface area (Å²) in [7, 11) is 0. The Morgan fingerprint density at radius 2 is 2.29 bits per heavy atom. The van der Waals surface area contributed by atoms with Crippen LogP contribution in [-0.4, -0.2) is 18.4 Å². The first kappa shape index (κ1) is 9.31. The van der Waals surface area contributed by atoms with Crippen LogP contribution in [0.15, 0.2) is 16.5 Å². The molecule has 76 valence electrons. The third kappa shape index (κ3) is 1.67. The van der Waals surface area contributed by atoms with E-state index in [0.29, 0.717) is 11.8 Å². The zero-order valence-corrected chi connectivity index (χ0v) is 8.62. The van der Waals surface area contributed by atoms with Gasteiger partial charge in [0.2, 0.25) is 0 Å². The van der Waals surface area contributed by atoms with Crippen LogP contribution in [0.4, 0.5) is 5.88 Å². The van der Waals surface area contributed by atoms with Gasteiger partial charge in [-0.1, -0.05) is 0 Å². The normalized spacial score (nSPS) is 15.6. The minimum atomic E-state index is -0.0110. The average Bonchev–Trinajstić information content (AvgIpc) is 2.84. The molecular weight excluding hydrogens is 178 g/mol. The maximum Gasteiger partial charge on any atom is 0.196 e. The van der Waals surface area contributed by atoms with E-state index < -0.39 is 0 Å². The van der Waals surface area contributed by atoms with Crippen molar-refractivity contribution in [1.29, 1.82) is 0 Å². The molecule has 0 amide bonds. The van der Waals surface area contributed by atoms with Gasteiger partial charge in [0.15, 0.2) is 17.4 Å². The summed E-state index contributed by atoms with van der Waals surface area (Å²) >= 11 is 0. The molecule has 0 atom stereocenters. The molecule has 0 spiro atoms. The van der Waals surface area contributed by atoms with Crippen molar-refractivity contribution in [3.05, 3.63) is 17.9 Å². The van der Waals surface area contributed by atoms with E-state index in [9.17, 15) is 4.79 Å². The summed E-state index contributed by atoms with van der Waals surface area (Å²) in [5.74, 6) is 1.28. The fourth-order valence-corrected chi connectivity index (χ4v) is 1.65. The van der Waals surface area contributed by atoms with Crippen molar-refractivity contribution < 1.29 is 9.21 Å².